The summed E-state index contributed by atoms with van der Waals surface area (Å²) in [5.74, 6) is -0.243. The molecule has 0 bridgehead atoms. The average Bonchev–Trinajstić information content (AvgIpc) is 2.99. The van der Waals surface area contributed by atoms with Crippen molar-refractivity contribution in [2.24, 2.45) is 0 Å². The first-order valence-corrected chi connectivity index (χ1v) is 9.24. The molecular weight excluding hydrogens is 364 g/mol. The summed E-state index contributed by atoms with van der Waals surface area (Å²) < 4.78 is 0. The van der Waals surface area contributed by atoms with Crippen molar-refractivity contribution in [1.82, 2.24) is 10.2 Å². The monoisotopic (exact) mass is 384 g/mol. The Bertz CT molecular complexity index is 864. The van der Waals surface area contributed by atoms with Crippen LogP contribution in [-0.4, -0.2) is 41.6 Å². The summed E-state index contributed by atoms with van der Waals surface area (Å²) in [5, 5.41) is 3.59. The fourth-order valence-corrected chi connectivity index (χ4v) is 3.38. The van der Waals surface area contributed by atoms with Gasteiger partial charge in [-0.25, -0.2) is 0 Å². The van der Waals surface area contributed by atoms with Crippen LogP contribution in [0.3, 0.4) is 0 Å². The highest BCUT2D eigenvalue weighted by atomic mass is 35.5. The number of benzene rings is 2. The van der Waals surface area contributed by atoms with Gasteiger partial charge in [0.1, 0.15) is 0 Å². The number of carbonyl (C=O) groups is 3. The molecule has 1 aliphatic rings. The van der Waals surface area contributed by atoms with Gasteiger partial charge in [0.05, 0.1) is 6.04 Å². The molecule has 1 N–H and O–H groups in total. The number of halogens is 1. The second kappa shape index (κ2) is 8.35. The molecular formula is C21H21ClN2O3. The van der Waals surface area contributed by atoms with Gasteiger partial charge in [0.25, 0.3) is 5.91 Å². The lowest BCUT2D eigenvalue weighted by Gasteiger charge is -2.17. The Hall–Kier alpha value is -2.66. The molecule has 2 aromatic rings. The van der Waals surface area contributed by atoms with E-state index in [1.165, 1.54) is 6.92 Å². The molecule has 2 aromatic carbocycles. The topological polar surface area (TPSA) is 66.5 Å². The SMILES string of the molecule is CC(=O)c1ccc(C(=O)N[C@@H]2CC(=O)N(CCc3cccc(Cl)c3)C2)cc1. The standard InChI is InChI=1S/C21H21ClN2O3/c1-14(25)16-5-7-17(8-6-16)21(27)23-19-12-20(26)24(13-19)10-9-15-3-2-4-18(22)11-15/h2-8,11,19H,9-10,12-13H2,1H3,(H,23,27)/t19-/m1/s1. The molecule has 1 aliphatic heterocycles. The van der Waals surface area contributed by atoms with Gasteiger partial charge in [-0.05, 0) is 43.2 Å². The molecule has 0 unspecified atom stereocenters. The maximum Gasteiger partial charge on any atom is 0.251 e. The lowest BCUT2D eigenvalue weighted by Crippen LogP contribution is -2.37. The fraction of sp³-hybridized carbons (Fsp3) is 0.286. The molecule has 5 nitrogen and oxygen atoms in total. The quantitative estimate of drug-likeness (QED) is 0.778. The van der Waals surface area contributed by atoms with E-state index >= 15 is 0 Å². The molecule has 0 spiro atoms. The van der Waals surface area contributed by atoms with E-state index in [-0.39, 0.29) is 23.6 Å². The van der Waals surface area contributed by atoms with E-state index in [4.69, 9.17) is 11.6 Å². The smallest absolute Gasteiger partial charge is 0.251 e. The Balaban J connectivity index is 1.53. The zero-order valence-electron chi connectivity index (χ0n) is 15.1. The molecule has 1 fully saturated rings. The van der Waals surface area contributed by atoms with E-state index in [9.17, 15) is 14.4 Å². The van der Waals surface area contributed by atoms with E-state index in [2.05, 4.69) is 5.32 Å². The van der Waals surface area contributed by atoms with Crippen LogP contribution in [0, 0.1) is 0 Å². The summed E-state index contributed by atoms with van der Waals surface area (Å²) in [7, 11) is 0. The van der Waals surface area contributed by atoms with Crippen molar-refractivity contribution in [1.29, 1.82) is 0 Å². The van der Waals surface area contributed by atoms with Crippen molar-refractivity contribution in [3.63, 3.8) is 0 Å². The minimum absolute atomic E-state index is 0.0363. The molecule has 0 aliphatic carbocycles. The van der Waals surface area contributed by atoms with Crippen molar-refractivity contribution in [3.8, 4) is 0 Å². The van der Waals surface area contributed by atoms with Gasteiger partial charge < -0.3 is 10.2 Å². The molecule has 1 heterocycles. The number of nitrogens with zero attached hydrogens (tertiary/aromatic N) is 1. The minimum atomic E-state index is -0.236. The van der Waals surface area contributed by atoms with Crippen LogP contribution in [0.15, 0.2) is 48.5 Å². The minimum Gasteiger partial charge on any atom is -0.347 e. The Morgan fingerprint density at radius 3 is 2.52 bits per heavy atom. The lowest BCUT2D eigenvalue weighted by atomic mass is 10.1. The Kier molecular flexibility index (Phi) is 5.91. The van der Waals surface area contributed by atoms with E-state index in [1.807, 2.05) is 24.3 Å². The summed E-state index contributed by atoms with van der Waals surface area (Å²) >= 11 is 5.99. The Morgan fingerprint density at radius 2 is 1.85 bits per heavy atom. The fourth-order valence-electron chi connectivity index (χ4n) is 3.17. The second-order valence-corrected chi connectivity index (χ2v) is 7.16. The van der Waals surface area contributed by atoms with Gasteiger partial charge in [0.15, 0.2) is 5.78 Å². The Labute approximate surface area is 163 Å². The van der Waals surface area contributed by atoms with Crippen molar-refractivity contribution in [2.75, 3.05) is 13.1 Å². The van der Waals surface area contributed by atoms with Gasteiger partial charge in [-0.1, -0.05) is 35.9 Å². The van der Waals surface area contributed by atoms with Gasteiger partial charge in [0, 0.05) is 35.7 Å². The maximum absolute atomic E-state index is 12.4. The lowest BCUT2D eigenvalue weighted by molar-refractivity contribution is -0.127. The van der Waals surface area contributed by atoms with Crippen LogP contribution in [0.1, 0.15) is 39.6 Å². The third kappa shape index (κ3) is 4.95. The first kappa shape index (κ1) is 19.1. The maximum atomic E-state index is 12.4. The van der Waals surface area contributed by atoms with Gasteiger partial charge in [-0.2, -0.15) is 0 Å². The van der Waals surface area contributed by atoms with Crippen LogP contribution >= 0.6 is 11.6 Å². The number of hydrogen-bond acceptors (Lipinski definition) is 3. The van der Waals surface area contributed by atoms with Crippen molar-refractivity contribution >= 4 is 29.2 Å². The van der Waals surface area contributed by atoms with E-state index < -0.39 is 0 Å². The first-order chi connectivity index (χ1) is 12.9. The zero-order valence-corrected chi connectivity index (χ0v) is 15.8. The largest absolute Gasteiger partial charge is 0.347 e. The highest BCUT2D eigenvalue weighted by molar-refractivity contribution is 6.30. The van der Waals surface area contributed by atoms with E-state index in [1.54, 1.807) is 29.2 Å². The molecule has 27 heavy (non-hydrogen) atoms. The molecule has 0 radical (unpaired) electrons. The van der Waals surface area contributed by atoms with Crippen molar-refractivity contribution < 1.29 is 14.4 Å². The molecule has 1 saturated heterocycles. The summed E-state index contributed by atoms with van der Waals surface area (Å²) in [6.45, 7) is 2.58. The predicted molar refractivity (Wildman–Crippen MR) is 104 cm³/mol. The summed E-state index contributed by atoms with van der Waals surface area (Å²) in [4.78, 5) is 37.7. The number of rotatable bonds is 6. The molecule has 6 heteroatoms. The zero-order chi connectivity index (χ0) is 19.4. The molecule has 0 saturated carbocycles. The third-order valence-corrected chi connectivity index (χ3v) is 4.90. The summed E-state index contributed by atoms with van der Waals surface area (Å²) in [6.07, 6.45) is 1.02. The number of amides is 2. The van der Waals surface area contributed by atoms with Crippen LogP contribution in [0.4, 0.5) is 0 Å². The van der Waals surface area contributed by atoms with Crippen LogP contribution in [0.2, 0.25) is 5.02 Å². The van der Waals surface area contributed by atoms with Crippen LogP contribution in [-0.2, 0) is 11.2 Å². The molecule has 3 rings (SSSR count). The molecule has 2 amide bonds. The van der Waals surface area contributed by atoms with Crippen LogP contribution in [0.5, 0.6) is 0 Å². The molecule has 140 valence electrons. The average molecular weight is 385 g/mol. The van der Waals surface area contributed by atoms with Gasteiger partial charge >= 0.3 is 0 Å². The number of hydrogen-bond donors (Lipinski definition) is 1. The van der Waals surface area contributed by atoms with Gasteiger partial charge in [0.2, 0.25) is 5.91 Å². The number of ketones is 1. The normalized spacial score (nSPS) is 16.4. The third-order valence-electron chi connectivity index (χ3n) is 4.66. The molecule has 0 aromatic heterocycles. The number of nitrogens with one attached hydrogen (secondary N) is 1. The second-order valence-electron chi connectivity index (χ2n) is 6.73. The molecule has 1 atom stereocenters. The van der Waals surface area contributed by atoms with Crippen LogP contribution in [0.25, 0.3) is 0 Å². The van der Waals surface area contributed by atoms with Gasteiger partial charge in [-0.15, -0.1) is 0 Å². The highest BCUT2D eigenvalue weighted by Gasteiger charge is 2.30. The highest BCUT2D eigenvalue weighted by Crippen LogP contribution is 2.15. The van der Waals surface area contributed by atoms with Crippen molar-refractivity contribution in [3.05, 3.63) is 70.2 Å². The number of Topliss-reactive ketones (excluding diaryl/α,β-unsaturated/α-hetero) is 1. The van der Waals surface area contributed by atoms with E-state index in [0.29, 0.717) is 35.7 Å². The van der Waals surface area contributed by atoms with Crippen molar-refractivity contribution in [2.45, 2.75) is 25.8 Å². The van der Waals surface area contributed by atoms with Gasteiger partial charge in [-0.3, -0.25) is 14.4 Å². The predicted octanol–water partition coefficient (Wildman–Crippen LogP) is 3.12. The number of carbonyl (C=O) groups excluding carboxylic acids is 3. The Morgan fingerprint density at radius 1 is 1.15 bits per heavy atom. The first-order valence-electron chi connectivity index (χ1n) is 8.86. The summed E-state index contributed by atoms with van der Waals surface area (Å²) in [5.41, 5.74) is 2.12. The number of likely N-dealkylation sites (tertiary alicyclic amines) is 1. The van der Waals surface area contributed by atoms with E-state index in [0.717, 1.165) is 12.0 Å². The summed E-state index contributed by atoms with van der Waals surface area (Å²) in [6, 6.07) is 13.9. The van der Waals surface area contributed by atoms with Crippen LogP contribution < -0.4 is 5.32 Å².